The number of pyridine rings is 1. The van der Waals surface area contributed by atoms with Gasteiger partial charge in [0.25, 0.3) is 0 Å². The third-order valence-electron chi connectivity index (χ3n) is 4.66. The van der Waals surface area contributed by atoms with Gasteiger partial charge in [-0.2, -0.15) is 13.2 Å². The summed E-state index contributed by atoms with van der Waals surface area (Å²) in [6, 6.07) is 11.0. The van der Waals surface area contributed by atoms with Crippen LogP contribution in [0.25, 0.3) is 0 Å². The van der Waals surface area contributed by atoms with E-state index in [4.69, 9.17) is 4.74 Å². The molecule has 0 aliphatic heterocycles. The van der Waals surface area contributed by atoms with Crippen molar-refractivity contribution in [3.63, 3.8) is 0 Å². The highest BCUT2D eigenvalue weighted by atomic mass is 127. The second-order valence-corrected chi connectivity index (χ2v) is 7.46. The van der Waals surface area contributed by atoms with Crippen LogP contribution in [0.2, 0.25) is 0 Å². The largest absolute Gasteiger partial charge is 0.477 e. The first kappa shape index (κ1) is 26.2. The van der Waals surface area contributed by atoms with E-state index in [1.54, 1.807) is 25.4 Å². The first-order chi connectivity index (χ1) is 14.9. The molecule has 0 amide bonds. The third-order valence-corrected chi connectivity index (χ3v) is 4.66. The van der Waals surface area contributed by atoms with E-state index in [-0.39, 0.29) is 30.6 Å². The van der Waals surface area contributed by atoms with E-state index in [9.17, 15) is 13.2 Å². The number of aliphatic imine (C=N–C) groups is 1. The molecule has 32 heavy (non-hydrogen) atoms. The van der Waals surface area contributed by atoms with Gasteiger partial charge in [-0.3, -0.25) is 4.99 Å². The van der Waals surface area contributed by atoms with Gasteiger partial charge in [0.1, 0.15) is 6.61 Å². The Bertz CT molecular complexity index is 859. The molecular weight excluding hydrogens is 536 g/mol. The molecule has 0 radical (unpaired) electrons. The summed E-state index contributed by atoms with van der Waals surface area (Å²) in [4.78, 5) is 8.45. The molecule has 1 saturated carbocycles. The van der Waals surface area contributed by atoms with Crippen LogP contribution in [0.15, 0.2) is 47.6 Å². The fraction of sp³-hybridized carbons (Fsp3) is 0.455. The predicted octanol–water partition coefficient (Wildman–Crippen LogP) is 4.43. The molecule has 0 unspecified atom stereocenters. The molecule has 2 N–H and O–H groups in total. The average Bonchev–Trinajstić information content (AvgIpc) is 3.57. The van der Waals surface area contributed by atoms with Crippen LogP contribution in [0.1, 0.15) is 29.5 Å². The molecular formula is C22H28F3IN4O2. The van der Waals surface area contributed by atoms with E-state index in [2.05, 4.69) is 25.3 Å². The Morgan fingerprint density at radius 1 is 1.06 bits per heavy atom. The van der Waals surface area contributed by atoms with Crippen LogP contribution in [0.3, 0.4) is 0 Å². The maximum absolute atomic E-state index is 12.1. The third kappa shape index (κ3) is 10.0. The number of benzene rings is 1. The molecule has 1 fully saturated rings. The van der Waals surface area contributed by atoms with Crippen molar-refractivity contribution in [1.29, 1.82) is 0 Å². The summed E-state index contributed by atoms with van der Waals surface area (Å²) in [5.74, 6) is 1.94. The lowest BCUT2D eigenvalue weighted by molar-refractivity contribution is -0.176. The van der Waals surface area contributed by atoms with E-state index < -0.39 is 12.8 Å². The number of hydrogen-bond donors (Lipinski definition) is 2. The lowest BCUT2D eigenvalue weighted by Gasteiger charge is -2.13. The number of rotatable bonds is 10. The molecule has 0 spiro atoms. The smallest absolute Gasteiger partial charge is 0.411 e. The van der Waals surface area contributed by atoms with E-state index >= 15 is 0 Å². The van der Waals surface area contributed by atoms with Crippen LogP contribution in [0.4, 0.5) is 13.2 Å². The van der Waals surface area contributed by atoms with Crippen molar-refractivity contribution in [3.05, 3.63) is 59.3 Å². The first-order valence-electron chi connectivity index (χ1n) is 10.2. The maximum atomic E-state index is 12.1. The van der Waals surface area contributed by atoms with Crippen LogP contribution in [0, 0.1) is 5.92 Å². The monoisotopic (exact) mass is 564 g/mol. The van der Waals surface area contributed by atoms with E-state index in [0.717, 1.165) is 17.7 Å². The molecule has 6 nitrogen and oxygen atoms in total. The highest BCUT2D eigenvalue weighted by molar-refractivity contribution is 14.0. The molecule has 3 rings (SSSR count). The van der Waals surface area contributed by atoms with Gasteiger partial charge in [-0.05, 0) is 41.5 Å². The number of nitrogens with zero attached hydrogens (tertiary/aromatic N) is 2. The zero-order chi connectivity index (χ0) is 22.1. The Kier molecular flexibility index (Phi) is 10.5. The molecule has 2 aromatic rings. The fourth-order valence-electron chi connectivity index (χ4n) is 2.76. The Morgan fingerprint density at radius 2 is 1.72 bits per heavy atom. The maximum Gasteiger partial charge on any atom is 0.411 e. The van der Waals surface area contributed by atoms with Gasteiger partial charge in [-0.25, -0.2) is 4.98 Å². The average molecular weight is 564 g/mol. The minimum atomic E-state index is -4.31. The zero-order valence-corrected chi connectivity index (χ0v) is 20.2. The summed E-state index contributed by atoms with van der Waals surface area (Å²) in [7, 11) is 1.69. The second kappa shape index (κ2) is 12.8. The quantitative estimate of drug-likeness (QED) is 0.254. The van der Waals surface area contributed by atoms with Gasteiger partial charge in [0.05, 0.1) is 13.2 Å². The zero-order valence-electron chi connectivity index (χ0n) is 17.8. The Hall–Kier alpha value is -2.08. The molecule has 176 valence electrons. The number of aromatic nitrogens is 1. The van der Waals surface area contributed by atoms with E-state index in [1.807, 2.05) is 24.3 Å². The molecule has 1 aromatic carbocycles. The van der Waals surface area contributed by atoms with E-state index in [0.29, 0.717) is 36.4 Å². The van der Waals surface area contributed by atoms with Crippen molar-refractivity contribution in [2.24, 2.45) is 10.9 Å². The lowest BCUT2D eigenvalue weighted by Crippen LogP contribution is -2.36. The molecule has 0 bridgehead atoms. The van der Waals surface area contributed by atoms with Crippen molar-refractivity contribution in [2.75, 3.05) is 20.3 Å². The summed E-state index contributed by atoms with van der Waals surface area (Å²) in [5, 5.41) is 6.46. The Morgan fingerprint density at radius 3 is 2.34 bits per heavy atom. The van der Waals surface area contributed by atoms with Gasteiger partial charge in [0, 0.05) is 32.4 Å². The number of nitrogens with one attached hydrogen (secondary N) is 2. The topological polar surface area (TPSA) is 67.8 Å². The minimum Gasteiger partial charge on any atom is -0.477 e. The van der Waals surface area contributed by atoms with Crippen molar-refractivity contribution >= 4 is 29.9 Å². The van der Waals surface area contributed by atoms with Crippen molar-refractivity contribution in [1.82, 2.24) is 15.6 Å². The number of hydrogen-bond acceptors (Lipinski definition) is 4. The van der Waals surface area contributed by atoms with Crippen LogP contribution in [0.5, 0.6) is 5.88 Å². The van der Waals surface area contributed by atoms with Crippen molar-refractivity contribution in [3.8, 4) is 5.88 Å². The van der Waals surface area contributed by atoms with Crippen LogP contribution in [-0.4, -0.2) is 37.4 Å². The van der Waals surface area contributed by atoms with Crippen molar-refractivity contribution < 1.29 is 22.6 Å². The van der Waals surface area contributed by atoms with Gasteiger partial charge >= 0.3 is 6.18 Å². The molecule has 0 saturated heterocycles. The van der Waals surface area contributed by atoms with Crippen LogP contribution in [-0.2, 0) is 24.4 Å². The van der Waals surface area contributed by atoms with Crippen molar-refractivity contribution in [2.45, 2.75) is 38.7 Å². The molecule has 1 heterocycles. The minimum absolute atomic E-state index is 0. The highest BCUT2D eigenvalue weighted by Gasteiger charge is 2.27. The molecule has 1 aliphatic carbocycles. The second-order valence-electron chi connectivity index (χ2n) is 7.46. The summed E-state index contributed by atoms with van der Waals surface area (Å²) in [5.41, 5.74) is 2.70. The molecule has 1 aliphatic rings. The first-order valence-corrected chi connectivity index (χ1v) is 10.2. The summed E-state index contributed by atoms with van der Waals surface area (Å²) >= 11 is 0. The van der Waals surface area contributed by atoms with Crippen LogP contribution < -0.4 is 15.4 Å². The number of alkyl halides is 3. The van der Waals surface area contributed by atoms with Gasteiger partial charge < -0.3 is 20.1 Å². The normalized spacial score (nSPS) is 13.9. The molecule has 10 heteroatoms. The van der Waals surface area contributed by atoms with Gasteiger partial charge in [-0.15, -0.1) is 24.0 Å². The predicted molar refractivity (Wildman–Crippen MR) is 127 cm³/mol. The fourth-order valence-corrected chi connectivity index (χ4v) is 2.76. The standard InChI is InChI=1S/C22H27F3N4O2.HI/c1-26-21(29-12-19-8-9-27-20(10-19)31-14-18-6-7-18)28-11-16-2-4-17(5-3-16)13-30-15-22(23,24)25;/h2-5,8-10,18H,6-7,11-15H2,1H3,(H2,26,28,29);1H. The highest BCUT2D eigenvalue weighted by Crippen LogP contribution is 2.29. The molecule has 0 atom stereocenters. The van der Waals surface area contributed by atoms with Gasteiger partial charge in [-0.1, -0.05) is 24.3 Å². The van der Waals surface area contributed by atoms with Gasteiger partial charge in [0.15, 0.2) is 5.96 Å². The summed E-state index contributed by atoms with van der Waals surface area (Å²) in [6.07, 6.45) is -0.112. The number of guanidine groups is 1. The number of ether oxygens (including phenoxy) is 2. The van der Waals surface area contributed by atoms with Crippen LogP contribution >= 0.6 is 24.0 Å². The summed E-state index contributed by atoms with van der Waals surface area (Å²) in [6.45, 7) is 0.492. The lowest BCUT2D eigenvalue weighted by atomic mass is 10.1. The Balaban J connectivity index is 0.00000363. The SMILES string of the molecule is CN=C(NCc1ccc(COCC(F)(F)F)cc1)NCc1ccnc(OCC2CC2)c1.I. The van der Waals surface area contributed by atoms with Gasteiger partial charge in [0.2, 0.25) is 5.88 Å². The summed E-state index contributed by atoms with van der Waals surface area (Å²) < 4.78 is 46.8. The Labute approximate surface area is 203 Å². The molecule has 1 aromatic heterocycles. The van der Waals surface area contributed by atoms with E-state index in [1.165, 1.54) is 12.8 Å². The number of halogens is 4.